The highest BCUT2D eigenvalue weighted by molar-refractivity contribution is 9.10. The molecule has 0 unspecified atom stereocenters. The van der Waals surface area contributed by atoms with Crippen molar-refractivity contribution in [1.82, 2.24) is 4.72 Å². The van der Waals surface area contributed by atoms with Crippen LogP contribution in [0, 0.1) is 5.92 Å². The van der Waals surface area contributed by atoms with Crippen LogP contribution in [0.2, 0.25) is 0 Å². The van der Waals surface area contributed by atoms with E-state index in [1.165, 1.54) is 0 Å². The number of benzene rings is 1. The SMILES string of the molecule is CCC[C@H](CC)[C@@H](CO)NS(=O)(=O)c1ccc(Br)cc1. The number of rotatable bonds is 8. The lowest BCUT2D eigenvalue weighted by Gasteiger charge is -2.25. The highest BCUT2D eigenvalue weighted by Gasteiger charge is 2.25. The fourth-order valence-corrected chi connectivity index (χ4v) is 3.78. The van der Waals surface area contributed by atoms with E-state index in [0.717, 1.165) is 23.7 Å². The van der Waals surface area contributed by atoms with E-state index >= 15 is 0 Å². The van der Waals surface area contributed by atoms with Crippen molar-refractivity contribution in [1.29, 1.82) is 0 Å². The molecule has 0 aliphatic heterocycles. The second kappa shape index (κ2) is 8.12. The van der Waals surface area contributed by atoms with Crippen LogP contribution in [-0.2, 0) is 10.0 Å². The molecular formula is C14H22BrNO3S. The quantitative estimate of drug-likeness (QED) is 0.745. The standard InChI is InChI=1S/C14H22BrNO3S/c1-3-5-11(4-2)14(10-17)16-20(18,19)13-8-6-12(15)7-9-13/h6-9,11,14,16-17H,3-5,10H2,1-2H3/t11-,14+/m0/s1. The zero-order valence-corrected chi connectivity index (χ0v) is 14.2. The summed E-state index contributed by atoms with van der Waals surface area (Å²) in [5.74, 6) is 0.148. The average Bonchev–Trinajstić information content (AvgIpc) is 2.43. The first-order valence-electron chi connectivity index (χ1n) is 6.83. The Hall–Kier alpha value is -0.430. The van der Waals surface area contributed by atoms with Gasteiger partial charge in [-0.3, -0.25) is 0 Å². The maximum absolute atomic E-state index is 12.3. The summed E-state index contributed by atoms with van der Waals surface area (Å²) >= 11 is 3.28. The molecule has 4 nitrogen and oxygen atoms in total. The Morgan fingerprint density at radius 3 is 2.30 bits per heavy atom. The summed E-state index contributed by atoms with van der Waals surface area (Å²) in [5, 5.41) is 9.47. The van der Waals surface area contributed by atoms with E-state index in [9.17, 15) is 13.5 Å². The van der Waals surface area contributed by atoms with Gasteiger partial charge in [0.15, 0.2) is 0 Å². The highest BCUT2D eigenvalue weighted by Crippen LogP contribution is 2.19. The van der Waals surface area contributed by atoms with Crippen molar-refractivity contribution in [2.45, 2.75) is 44.0 Å². The predicted octanol–water partition coefficient (Wildman–Crippen LogP) is 2.91. The van der Waals surface area contributed by atoms with E-state index < -0.39 is 16.1 Å². The lowest BCUT2D eigenvalue weighted by Crippen LogP contribution is -2.42. The summed E-state index contributed by atoms with van der Waals surface area (Å²) < 4.78 is 28.0. The topological polar surface area (TPSA) is 66.4 Å². The van der Waals surface area contributed by atoms with Crippen LogP contribution < -0.4 is 4.72 Å². The molecule has 1 aromatic carbocycles. The summed E-state index contributed by atoms with van der Waals surface area (Å²) in [6.45, 7) is 3.88. The average molecular weight is 364 g/mol. The van der Waals surface area contributed by atoms with Gasteiger partial charge in [0.2, 0.25) is 10.0 Å². The van der Waals surface area contributed by atoms with Gasteiger partial charge in [-0.15, -0.1) is 0 Å². The molecule has 0 aliphatic carbocycles. The van der Waals surface area contributed by atoms with E-state index in [1.54, 1.807) is 24.3 Å². The van der Waals surface area contributed by atoms with Crippen LogP contribution in [-0.4, -0.2) is 26.2 Å². The van der Waals surface area contributed by atoms with Gasteiger partial charge in [0.25, 0.3) is 0 Å². The molecule has 2 N–H and O–H groups in total. The van der Waals surface area contributed by atoms with Gasteiger partial charge < -0.3 is 5.11 Å². The summed E-state index contributed by atoms with van der Waals surface area (Å²) in [6.07, 6.45) is 2.70. The number of hydrogen-bond acceptors (Lipinski definition) is 3. The van der Waals surface area contributed by atoms with Gasteiger partial charge in [-0.25, -0.2) is 13.1 Å². The van der Waals surface area contributed by atoms with E-state index in [-0.39, 0.29) is 17.4 Å². The predicted molar refractivity (Wildman–Crippen MR) is 84.0 cm³/mol. The molecule has 0 radical (unpaired) electrons. The maximum Gasteiger partial charge on any atom is 0.240 e. The lowest BCUT2D eigenvalue weighted by atomic mass is 9.93. The van der Waals surface area contributed by atoms with Crippen molar-refractivity contribution in [3.63, 3.8) is 0 Å². The normalized spacial score (nSPS) is 15.0. The maximum atomic E-state index is 12.3. The third kappa shape index (κ3) is 4.84. The van der Waals surface area contributed by atoms with E-state index in [1.807, 2.05) is 6.92 Å². The van der Waals surface area contributed by atoms with Gasteiger partial charge in [0.1, 0.15) is 0 Å². The molecule has 2 atom stereocenters. The van der Waals surface area contributed by atoms with E-state index in [0.29, 0.717) is 0 Å². The number of halogens is 1. The van der Waals surface area contributed by atoms with Gasteiger partial charge >= 0.3 is 0 Å². The van der Waals surface area contributed by atoms with Gasteiger partial charge in [0, 0.05) is 10.5 Å². The molecule has 20 heavy (non-hydrogen) atoms. The molecule has 0 bridgehead atoms. The van der Waals surface area contributed by atoms with Crippen LogP contribution in [0.3, 0.4) is 0 Å². The smallest absolute Gasteiger partial charge is 0.240 e. The number of nitrogens with one attached hydrogen (secondary N) is 1. The first kappa shape index (κ1) is 17.6. The fourth-order valence-electron chi connectivity index (χ4n) is 2.22. The number of aliphatic hydroxyl groups is 1. The molecule has 1 rings (SSSR count). The zero-order chi connectivity index (χ0) is 15.2. The van der Waals surface area contributed by atoms with Crippen molar-refractivity contribution in [3.05, 3.63) is 28.7 Å². The Kier molecular flexibility index (Phi) is 7.15. The zero-order valence-electron chi connectivity index (χ0n) is 11.8. The fraction of sp³-hybridized carbons (Fsp3) is 0.571. The van der Waals surface area contributed by atoms with Gasteiger partial charge in [-0.2, -0.15) is 0 Å². The van der Waals surface area contributed by atoms with Crippen LogP contribution in [0.5, 0.6) is 0 Å². The highest BCUT2D eigenvalue weighted by atomic mass is 79.9. The molecular weight excluding hydrogens is 342 g/mol. The molecule has 0 saturated carbocycles. The van der Waals surface area contributed by atoms with Crippen LogP contribution in [0.25, 0.3) is 0 Å². The Labute approximate surface area is 129 Å². The van der Waals surface area contributed by atoms with Crippen LogP contribution in [0.1, 0.15) is 33.1 Å². The van der Waals surface area contributed by atoms with Gasteiger partial charge in [0.05, 0.1) is 11.5 Å². The summed E-state index contributed by atoms with van der Waals surface area (Å²) in [5.41, 5.74) is 0. The van der Waals surface area contributed by atoms with Gasteiger partial charge in [-0.1, -0.05) is 42.6 Å². The van der Waals surface area contributed by atoms with Crippen molar-refractivity contribution in [3.8, 4) is 0 Å². The van der Waals surface area contributed by atoms with E-state index in [4.69, 9.17) is 0 Å². The Bertz CT molecular complexity index is 502. The summed E-state index contributed by atoms with van der Waals surface area (Å²) in [7, 11) is -3.59. The molecule has 0 amide bonds. The van der Waals surface area contributed by atoms with Crippen LogP contribution >= 0.6 is 15.9 Å². The number of hydrogen-bond donors (Lipinski definition) is 2. The molecule has 1 aromatic rings. The first-order chi connectivity index (χ1) is 9.44. The number of sulfonamides is 1. The van der Waals surface area contributed by atoms with Crippen molar-refractivity contribution < 1.29 is 13.5 Å². The third-order valence-electron chi connectivity index (χ3n) is 3.38. The minimum Gasteiger partial charge on any atom is -0.395 e. The van der Waals surface area contributed by atoms with Crippen molar-refractivity contribution in [2.75, 3.05) is 6.61 Å². The Morgan fingerprint density at radius 1 is 1.25 bits per heavy atom. The summed E-state index contributed by atoms with van der Waals surface area (Å²) in [6, 6.07) is 6.02. The lowest BCUT2D eigenvalue weighted by molar-refractivity contribution is 0.205. The van der Waals surface area contributed by atoms with Crippen LogP contribution in [0.15, 0.2) is 33.6 Å². The second-order valence-corrected chi connectivity index (χ2v) is 7.45. The molecule has 0 aliphatic rings. The largest absolute Gasteiger partial charge is 0.395 e. The Balaban J connectivity index is 2.89. The van der Waals surface area contributed by atoms with Gasteiger partial charge in [-0.05, 0) is 36.6 Å². The van der Waals surface area contributed by atoms with Crippen molar-refractivity contribution in [2.24, 2.45) is 5.92 Å². The summed E-state index contributed by atoms with van der Waals surface area (Å²) in [4.78, 5) is 0.213. The molecule has 0 aromatic heterocycles. The molecule has 0 spiro atoms. The molecule has 0 fully saturated rings. The Morgan fingerprint density at radius 2 is 1.85 bits per heavy atom. The molecule has 0 saturated heterocycles. The number of aliphatic hydroxyl groups excluding tert-OH is 1. The molecule has 114 valence electrons. The first-order valence-corrected chi connectivity index (χ1v) is 9.11. The second-order valence-electron chi connectivity index (χ2n) is 4.82. The monoisotopic (exact) mass is 363 g/mol. The van der Waals surface area contributed by atoms with Crippen molar-refractivity contribution >= 4 is 26.0 Å². The third-order valence-corrected chi connectivity index (χ3v) is 5.41. The van der Waals surface area contributed by atoms with E-state index in [2.05, 4.69) is 27.6 Å². The minimum atomic E-state index is -3.59. The molecule has 6 heteroatoms. The minimum absolute atomic E-state index is 0.148. The molecule has 0 heterocycles. The van der Waals surface area contributed by atoms with Crippen LogP contribution in [0.4, 0.5) is 0 Å².